The fourth-order valence-corrected chi connectivity index (χ4v) is 5.74. The molecule has 2 atom stereocenters. The van der Waals surface area contributed by atoms with Crippen LogP contribution in [0.5, 0.6) is 0 Å². The van der Waals surface area contributed by atoms with Gasteiger partial charge >= 0.3 is 6.18 Å². The number of rotatable bonds is 8. The average Bonchev–Trinajstić information content (AvgIpc) is 3.63. The molecular weight excluding hydrogens is 564 g/mol. The Kier molecular flexibility index (Phi) is 7.83. The molecule has 9 nitrogen and oxygen atoms in total. The summed E-state index contributed by atoms with van der Waals surface area (Å²) in [6.45, 7) is 2.75. The molecule has 1 aliphatic rings. The van der Waals surface area contributed by atoms with E-state index in [1.54, 1.807) is 43.5 Å². The van der Waals surface area contributed by atoms with Crippen LogP contribution in [0.2, 0.25) is 0 Å². The molecule has 3 N–H and O–H groups in total. The number of carbonyl (C=O) groups excluding carboxylic acids is 1. The van der Waals surface area contributed by atoms with Crippen molar-refractivity contribution >= 4 is 33.8 Å². The van der Waals surface area contributed by atoms with Crippen molar-refractivity contribution in [1.82, 2.24) is 24.9 Å². The van der Waals surface area contributed by atoms with Crippen molar-refractivity contribution in [3.8, 4) is 11.5 Å². The molecule has 5 rings (SSSR count). The molecule has 1 saturated heterocycles. The van der Waals surface area contributed by atoms with Crippen LogP contribution in [-0.2, 0) is 18.7 Å². The molecule has 0 radical (unpaired) electrons. The lowest BCUT2D eigenvalue weighted by Gasteiger charge is -2.33. The van der Waals surface area contributed by atoms with E-state index in [1.807, 2.05) is 11.9 Å². The summed E-state index contributed by atoms with van der Waals surface area (Å²) in [5.74, 6) is -0.512. The van der Waals surface area contributed by atoms with Crippen LogP contribution in [0.4, 0.5) is 23.2 Å². The van der Waals surface area contributed by atoms with Crippen LogP contribution in [0.25, 0.3) is 22.4 Å². The number of aliphatic hydroxyl groups is 1. The number of fused-ring (bicyclic) bond motifs is 1. The monoisotopic (exact) mass is 594 g/mol. The molecule has 1 aromatic carbocycles. The van der Waals surface area contributed by atoms with E-state index in [0.29, 0.717) is 34.5 Å². The van der Waals surface area contributed by atoms with Crippen molar-refractivity contribution in [3.05, 3.63) is 52.0 Å². The van der Waals surface area contributed by atoms with Crippen molar-refractivity contribution in [2.45, 2.75) is 57.3 Å². The first-order chi connectivity index (χ1) is 19.3. The summed E-state index contributed by atoms with van der Waals surface area (Å²) < 4.78 is 61.9. The van der Waals surface area contributed by atoms with E-state index in [1.165, 1.54) is 17.4 Å². The van der Waals surface area contributed by atoms with Gasteiger partial charge in [0.15, 0.2) is 0 Å². The lowest BCUT2D eigenvalue weighted by atomic mass is 10.0. The van der Waals surface area contributed by atoms with Crippen LogP contribution < -0.4 is 10.6 Å². The van der Waals surface area contributed by atoms with Crippen LogP contribution in [0.3, 0.4) is 0 Å². The van der Waals surface area contributed by atoms with Gasteiger partial charge in [-0.15, -0.1) is 11.3 Å². The van der Waals surface area contributed by atoms with E-state index < -0.39 is 36.4 Å². The molecule has 4 aromatic rings. The van der Waals surface area contributed by atoms with Gasteiger partial charge in [-0.05, 0) is 51.6 Å². The average molecular weight is 595 g/mol. The summed E-state index contributed by atoms with van der Waals surface area (Å²) in [7, 11) is 1.84. The molecule has 1 fully saturated rings. The minimum absolute atomic E-state index is 0.0000471. The summed E-state index contributed by atoms with van der Waals surface area (Å²) >= 11 is 1.24. The highest BCUT2D eigenvalue weighted by molar-refractivity contribution is 7.10. The Bertz CT molecular complexity index is 1540. The van der Waals surface area contributed by atoms with E-state index in [9.17, 15) is 27.5 Å². The van der Waals surface area contributed by atoms with Crippen molar-refractivity contribution < 1.29 is 32.0 Å². The van der Waals surface area contributed by atoms with Gasteiger partial charge in [-0.3, -0.25) is 4.79 Å². The van der Waals surface area contributed by atoms with Gasteiger partial charge in [0.2, 0.25) is 11.7 Å². The van der Waals surface area contributed by atoms with Crippen molar-refractivity contribution in [2.24, 2.45) is 0 Å². The highest BCUT2D eigenvalue weighted by atomic mass is 32.1. The summed E-state index contributed by atoms with van der Waals surface area (Å²) in [4.78, 5) is 19.3. The minimum atomic E-state index is -4.54. The maximum absolute atomic E-state index is 14.7. The van der Waals surface area contributed by atoms with Crippen LogP contribution in [0, 0.1) is 0 Å². The largest absolute Gasteiger partial charge is 0.406 e. The number of alkyl halides is 4. The van der Waals surface area contributed by atoms with Crippen molar-refractivity contribution in [2.75, 3.05) is 25.5 Å². The van der Waals surface area contributed by atoms with E-state index in [0.717, 1.165) is 4.57 Å². The summed E-state index contributed by atoms with van der Waals surface area (Å²) in [6, 6.07) is 7.52. The van der Waals surface area contributed by atoms with E-state index in [4.69, 9.17) is 4.52 Å². The highest BCUT2D eigenvalue weighted by Gasteiger charge is 2.32. The molecule has 0 bridgehead atoms. The Hall–Kier alpha value is -3.49. The Morgan fingerprint density at radius 3 is 2.73 bits per heavy atom. The molecule has 0 unspecified atom stereocenters. The zero-order chi connectivity index (χ0) is 29.5. The lowest BCUT2D eigenvalue weighted by molar-refractivity contribution is -0.139. The Labute approximate surface area is 237 Å². The molecule has 0 spiro atoms. The number of piperidine rings is 1. The van der Waals surface area contributed by atoms with Gasteiger partial charge in [-0.2, -0.15) is 18.2 Å². The standard InChI is InChI=1S/C27H30F4N6O3S/c1-26(2,39)22-9-15(13-41-22)25(38)32-11-23-34-24(35-40-23)21-10-16-18(33-19-7-8-36(3)12-17(19)28)5-4-6-20(16)37(21)14-27(29,30)31/h4-6,9-10,13,17,19,33,39H,7-8,11-12,14H2,1-3H3,(H,32,38)/t17-,19+/m0/s1. The molecule has 4 heterocycles. The van der Waals surface area contributed by atoms with Gasteiger partial charge < -0.3 is 29.7 Å². The number of aromatic nitrogens is 3. The van der Waals surface area contributed by atoms with E-state index in [-0.39, 0.29) is 36.0 Å². The van der Waals surface area contributed by atoms with Crippen LogP contribution in [-0.4, -0.2) is 69.1 Å². The van der Waals surface area contributed by atoms with Crippen LogP contribution >= 0.6 is 11.3 Å². The van der Waals surface area contributed by atoms with Gasteiger partial charge in [-0.25, -0.2) is 4.39 Å². The lowest BCUT2D eigenvalue weighted by Crippen LogP contribution is -2.46. The Morgan fingerprint density at radius 2 is 2.05 bits per heavy atom. The minimum Gasteiger partial charge on any atom is -0.385 e. The van der Waals surface area contributed by atoms with Crippen molar-refractivity contribution in [3.63, 3.8) is 0 Å². The molecule has 0 aliphatic carbocycles. The van der Waals surface area contributed by atoms with Crippen molar-refractivity contribution in [1.29, 1.82) is 0 Å². The molecule has 220 valence electrons. The van der Waals surface area contributed by atoms with Gasteiger partial charge in [0, 0.05) is 34.4 Å². The number of hydrogen-bond acceptors (Lipinski definition) is 8. The maximum atomic E-state index is 14.7. The molecule has 1 aliphatic heterocycles. The molecule has 1 amide bonds. The number of carbonyl (C=O) groups is 1. The molecule has 0 saturated carbocycles. The number of likely N-dealkylation sites (tertiary alicyclic amines) is 1. The quantitative estimate of drug-likeness (QED) is 0.249. The second-order valence-electron chi connectivity index (χ2n) is 10.7. The third-order valence-electron chi connectivity index (χ3n) is 6.93. The number of nitrogens with one attached hydrogen (secondary N) is 2. The summed E-state index contributed by atoms with van der Waals surface area (Å²) in [6.07, 6.45) is -5.12. The predicted molar refractivity (Wildman–Crippen MR) is 146 cm³/mol. The Balaban J connectivity index is 1.40. The number of benzene rings is 1. The second-order valence-corrected chi connectivity index (χ2v) is 11.7. The number of hydrogen-bond donors (Lipinski definition) is 3. The van der Waals surface area contributed by atoms with Crippen LogP contribution in [0.1, 0.15) is 41.4 Å². The third kappa shape index (κ3) is 6.54. The van der Waals surface area contributed by atoms with E-state index >= 15 is 0 Å². The SMILES string of the molecule is CN1CC[C@@H](Nc2cccc3c2cc(-c2noc(CNC(=O)c4csc(C(C)(C)O)c4)n2)n3CC(F)(F)F)[C@@H](F)C1. The van der Waals surface area contributed by atoms with Gasteiger partial charge in [0.05, 0.1) is 35.0 Å². The van der Waals surface area contributed by atoms with Crippen LogP contribution in [0.15, 0.2) is 40.2 Å². The number of anilines is 1. The Morgan fingerprint density at radius 1 is 1.27 bits per heavy atom. The normalized spacial score (nSPS) is 18.6. The number of nitrogens with zero attached hydrogens (tertiary/aromatic N) is 4. The fourth-order valence-electron chi connectivity index (χ4n) is 4.83. The third-order valence-corrected chi connectivity index (χ3v) is 8.17. The zero-order valence-corrected chi connectivity index (χ0v) is 23.4. The molecular formula is C27H30F4N6O3S. The van der Waals surface area contributed by atoms with Gasteiger partial charge in [0.25, 0.3) is 5.91 Å². The second kappa shape index (κ2) is 11.1. The number of thiophene rings is 1. The smallest absolute Gasteiger partial charge is 0.385 e. The topological polar surface area (TPSA) is 108 Å². The predicted octanol–water partition coefficient (Wildman–Crippen LogP) is 4.93. The first kappa shape index (κ1) is 29.0. The molecule has 41 heavy (non-hydrogen) atoms. The number of amides is 1. The summed E-state index contributed by atoms with van der Waals surface area (Å²) in [5.41, 5.74) is 0.123. The zero-order valence-electron chi connectivity index (χ0n) is 22.6. The van der Waals surface area contributed by atoms with E-state index in [2.05, 4.69) is 20.8 Å². The molecule has 3 aromatic heterocycles. The van der Waals surface area contributed by atoms with Gasteiger partial charge in [-0.1, -0.05) is 11.2 Å². The highest BCUT2D eigenvalue weighted by Crippen LogP contribution is 2.35. The molecule has 14 heteroatoms. The first-order valence-electron chi connectivity index (χ1n) is 13.0. The summed E-state index contributed by atoms with van der Waals surface area (Å²) in [5, 5.41) is 21.9. The first-order valence-corrected chi connectivity index (χ1v) is 13.9. The maximum Gasteiger partial charge on any atom is 0.406 e. The fraction of sp³-hybridized carbons (Fsp3) is 0.444. The number of halogens is 4. The van der Waals surface area contributed by atoms with Gasteiger partial charge in [0.1, 0.15) is 12.7 Å².